The lowest BCUT2D eigenvalue weighted by Gasteiger charge is -1.99. The topological polar surface area (TPSA) is 26.3 Å². The highest BCUT2D eigenvalue weighted by atomic mass is 16.5. The lowest BCUT2D eigenvalue weighted by Crippen LogP contribution is -1.92. The van der Waals surface area contributed by atoms with Crippen LogP contribution >= 0.6 is 0 Å². The van der Waals surface area contributed by atoms with E-state index in [1.54, 1.807) is 5.94 Å². The summed E-state index contributed by atoms with van der Waals surface area (Å²) in [6.07, 6.45) is 1.30. The molecule has 1 rings (SSSR count). The van der Waals surface area contributed by atoms with Crippen molar-refractivity contribution in [1.82, 2.24) is 0 Å². The smallest absolute Gasteiger partial charge is 0.123 e. The summed E-state index contributed by atoms with van der Waals surface area (Å²) in [4.78, 5) is 9.73. The van der Waals surface area contributed by atoms with Crippen LogP contribution in [0, 0.1) is 0 Å². The van der Waals surface area contributed by atoms with E-state index in [9.17, 15) is 4.79 Å². The van der Waals surface area contributed by atoms with E-state index >= 15 is 0 Å². The number of hydrogen-bond donors (Lipinski definition) is 0. The molecule has 0 aliphatic heterocycles. The molecule has 0 aliphatic rings. The largest absolute Gasteiger partial charge is 0.489 e. The van der Waals surface area contributed by atoms with Crippen molar-refractivity contribution >= 4 is 5.94 Å². The first kappa shape index (κ1) is 7.58. The second kappa shape index (κ2) is 4.31. The average Bonchev–Trinajstić information content (AvgIpc) is 2.07. The van der Waals surface area contributed by atoms with Crippen LogP contribution in [-0.4, -0.2) is 12.5 Å². The zero-order valence-electron chi connectivity index (χ0n) is 5.99. The first-order chi connectivity index (χ1) is 5.43. The molecule has 0 spiro atoms. The van der Waals surface area contributed by atoms with Gasteiger partial charge in [0.15, 0.2) is 0 Å². The Morgan fingerprint density at radius 3 is 2.73 bits per heavy atom. The quantitative estimate of drug-likeness (QED) is 0.606. The summed E-state index contributed by atoms with van der Waals surface area (Å²) >= 11 is 0. The summed E-state index contributed by atoms with van der Waals surface area (Å²) in [6, 6.07) is 9.32. The Bertz CT molecular complexity index is 248. The Balaban J connectivity index is 2.45. The van der Waals surface area contributed by atoms with Crippen molar-refractivity contribution in [3.05, 3.63) is 36.4 Å². The summed E-state index contributed by atoms with van der Waals surface area (Å²) in [7, 11) is 0. The van der Waals surface area contributed by atoms with Gasteiger partial charge in [-0.05, 0) is 12.1 Å². The molecule has 56 valence electrons. The van der Waals surface area contributed by atoms with Crippen molar-refractivity contribution in [3.8, 4) is 5.75 Å². The van der Waals surface area contributed by atoms with E-state index < -0.39 is 0 Å². The highest BCUT2D eigenvalue weighted by Gasteiger charge is 1.86. The van der Waals surface area contributed by atoms with Crippen LogP contribution in [0.5, 0.6) is 5.75 Å². The monoisotopic (exact) mass is 148 g/mol. The summed E-state index contributed by atoms with van der Waals surface area (Å²) in [6.45, 7) is 0.285. The summed E-state index contributed by atoms with van der Waals surface area (Å²) < 4.78 is 5.13. The predicted molar refractivity (Wildman–Crippen MR) is 42.2 cm³/mol. The first-order valence-electron chi connectivity index (χ1n) is 3.30. The molecule has 0 unspecified atom stereocenters. The molecule has 1 aromatic rings. The van der Waals surface area contributed by atoms with E-state index in [-0.39, 0.29) is 6.61 Å². The highest BCUT2D eigenvalue weighted by molar-refractivity contribution is 5.45. The second-order valence-electron chi connectivity index (χ2n) is 1.95. The molecule has 0 fully saturated rings. The maximum Gasteiger partial charge on any atom is 0.123 e. The molecule has 0 radical (unpaired) electrons. The van der Waals surface area contributed by atoms with Crippen LogP contribution in [-0.2, 0) is 4.79 Å². The molecule has 0 bridgehead atoms. The summed E-state index contributed by atoms with van der Waals surface area (Å²) in [5.74, 6) is 2.40. The van der Waals surface area contributed by atoms with E-state index in [0.717, 1.165) is 5.75 Å². The van der Waals surface area contributed by atoms with Crippen molar-refractivity contribution in [1.29, 1.82) is 0 Å². The third-order valence-electron chi connectivity index (χ3n) is 1.16. The maximum absolute atomic E-state index is 9.73. The molecule has 0 aliphatic carbocycles. The average molecular weight is 148 g/mol. The number of hydrogen-bond acceptors (Lipinski definition) is 2. The van der Waals surface area contributed by atoms with Gasteiger partial charge in [-0.3, -0.25) is 0 Å². The fourth-order valence-corrected chi connectivity index (χ4v) is 0.689. The molecular formula is C9H8O2. The molecule has 1 aromatic carbocycles. The summed E-state index contributed by atoms with van der Waals surface area (Å²) in [5, 5.41) is 0. The molecule has 0 amide bonds. The van der Waals surface area contributed by atoms with E-state index in [1.165, 1.54) is 6.08 Å². The van der Waals surface area contributed by atoms with Gasteiger partial charge >= 0.3 is 0 Å². The molecule has 0 N–H and O–H groups in total. The van der Waals surface area contributed by atoms with E-state index in [4.69, 9.17) is 4.74 Å². The van der Waals surface area contributed by atoms with E-state index in [0.29, 0.717) is 0 Å². The van der Waals surface area contributed by atoms with Crippen LogP contribution in [0.4, 0.5) is 0 Å². The third-order valence-corrected chi connectivity index (χ3v) is 1.16. The zero-order chi connectivity index (χ0) is 7.94. The normalized spacial score (nSPS) is 8.36. The van der Waals surface area contributed by atoms with Gasteiger partial charge in [0.2, 0.25) is 0 Å². The van der Waals surface area contributed by atoms with E-state index in [2.05, 4.69) is 0 Å². The van der Waals surface area contributed by atoms with Crippen molar-refractivity contribution in [2.45, 2.75) is 0 Å². The Morgan fingerprint density at radius 2 is 2.09 bits per heavy atom. The number of carbonyl (C=O) groups excluding carboxylic acids is 1. The minimum atomic E-state index is 0.285. The van der Waals surface area contributed by atoms with Crippen molar-refractivity contribution in [3.63, 3.8) is 0 Å². The lowest BCUT2D eigenvalue weighted by atomic mass is 10.3. The Hall–Kier alpha value is -1.53. The molecule has 11 heavy (non-hydrogen) atoms. The minimum absolute atomic E-state index is 0.285. The van der Waals surface area contributed by atoms with Crippen molar-refractivity contribution < 1.29 is 9.53 Å². The first-order valence-corrected chi connectivity index (χ1v) is 3.30. The number of para-hydroxylation sites is 1. The number of rotatable bonds is 3. The molecular weight excluding hydrogens is 140 g/mol. The van der Waals surface area contributed by atoms with Gasteiger partial charge in [-0.15, -0.1) is 0 Å². The van der Waals surface area contributed by atoms with Crippen LogP contribution in [0.1, 0.15) is 0 Å². The van der Waals surface area contributed by atoms with Crippen molar-refractivity contribution in [2.24, 2.45) is 0 Å². The SMILES string of the molecule is O=C=CCOc1ccccc1. The molecule has 0 saturated carbocycles. The van der Waals surface area contributed by atoms with Crippen LogP contribution < -0.4 is 4.74 Å². The standard InChI is InChI=1S/C9H8O2/c10-7-4-8-11-9-5-2-1-3-6-9/h1-6H,8H2. The molecule has 0 heterocycles. The minimum Gasteiger partial charge on any atom is -0.489 e. The fraction of sp³-hybridized carbons (Fsp3) is 0.111. The lowest BCUT2D eigenvalue weighted by molar-refractivity contribution is 0.363. The van der Waals surface area contributed by atoms with Crippen LogP contribution in [0.3, 0.4) is 0 Å². The maximum atomic E-state index is 9.73. The third kappa shape index (κ3) is 2.70. The summed E-state index contributed by atoms with van der Waals surface area (Å²) in [5.41, 5.74) is 0. The molecule has 2 nitrogen and oxygen atoms in total. The van der Waals surface area contributed by atoms with Gasteiger partial charge in [-0.2, -0.15) is 0 Å². The van der Waals surface area contributed by atoms with Gasteiger partial charge < -0.3 is 4.74 Å². The Labute approximate surface area is 65.1 Å². The molecule has 2 heteroatoms. The fourth-order valence-electron chi connectivity index (χ4n) is 0.689. The highest BCUT2D eigenvalue weighted by Crippen LogP contribution is 2.07. The van der Waals surface area contributed by atoms with Gasteiger partial charge in [0, 0.05) is 6.08 Å². The molecule has 0 atom stereocenters. The number of benzene rings is 1. The predicted octanol–water partition coefficient (Wildman–Crippen LogP) is 1.45. The molecule has 0 saturated heterocycles. The zero-order valence-corrected chi connectivity index (χ0v) is 5.99. The van der Waals surface area contributed by atoms with E-state index in [1.807, 2.05) is 30.3 Å². The van der Waals surface area contributed by atoms with Gasteiger partial charge in [-0.1, -0.05) is 18.2 Å². The van der Waals surface area contributed by atoms with Gasteiger partial charge in [-0.25, -0.2) is 4.79 Å². The second-order valence-corrected chi connectivity index (χ2v) is 1.95. The number of ether oxygens (including phenoxy) is 1. The van der Waals surface area contributed by atoms with Gasteiger partial charge in [0.25, 0.3) is 0 Å². The Kier molecular flexibility index (Phi) is 2.97. The van der Waals surface area contributed by atoms with Crippen LogP contribution in [0.25, 0.3) is 0 Å². The Morgan fingerprint density at radius 1 is 1.36 bits per heavy atom. The van der Waals surface area contributed by atoms with Crippen molar-refractivity contribution in [2.75, 3.05) is 6.61 Å². The van der Waals surface area contributed by atoms with Gasteiger partial charge in [0.1, 0.15) is 18.3 Å². The molecule has 0 aromatic heterocycles. The van der Waals surface area contributed by atoms with Crippen LogP contribution in [0.15, 0.2) is 36.4 Å². The van der Waals surface area contributed by atoms with Crippen LogP contribution in [0.2, 0.25) is 0 Å². The van der Waals surface area contributed by atoms with Gasteiger partial charge in [0.05, 0.1) is 0 Å².